The summed E-state index contributed by atoms with van der Waals surface area (Å²) in [7, 11) is 0. The van der Waals surface area contributed by atoms with Crippen molar-refractivity contribution >= 4 is 15.9 Å². The summed E-state index contributed by atoms with van der Waals surface area (Å²) in [6.45, 7) is 5.60. The number of ether oxygens (including phenoxy) is 3. The van der Waals surface area contributed by atoms with Crippen molar-refractivity contribution in [2.45, 2.75) is 32.3 Å². The van der Waals surface area contributed by atoms with Crippen molar-refractivity contribution < 1.29 is 14.2 Å². The van der Waals surface area contributed by atoms with Crippen LogP contribution in [0, 0.1) is 0 Å². The first-order valence-corrected chi connectivity index (χ1v) is 6.48. The molecule has 0 bridgehead atoms. The van der Waals surface area contributed by atoms with E-state index in [4.69, 9.17) is 14.2 Å². The highest BCUT2D eigenvalue weighted by Crippen LogP contribution is 2.22. The molecule has 1 aliphatic heterocycles. The highest BCUT2D eigenvalue weighted by Gasteiger charge is 2.32. The van der Waals surface area contributed by atoms with Crippen LogP contribution in [0.2, 0.25) is 0 Å². The molecule has 1 aromatic carbocycles. The Balaban J connectivity index is 1.73. The lowest BCUT2D eigenvalue weighted by Crippen LogP contribution is -2.24. The van der Waals surface area contributed by atoms with Gasteiger partial charge in [0.2, 0.25) is 0 Å². The summed E-state index contributed by atoms with van der Waals surface area (Å²) in [5.41, 5.74) is 1.15. The van der Waals surface area contributed by atoms with Crippen LogP contribution in [-0.2, 0) is 20.8 Å². The Morgan fingerprint density at radius 2 is 2.29 bits per heavy atom. The van der Waals surface area contributed by atoms with Crippen LogP contribution in [0.4, 0.5) is 0 Å². The zero-order valence-electron chi connectivity index (χ0n) is 10.1. The minimum absolute atomic E-state index is 0.0390. The van der Waals surface area contributed by atoms with Crippen molar-refractivity contribution in [3.05, 3.63) is 34.3 Å². The Hall–Kier alpha value is -0.420. The van der Waals surface area contributed by atoms with Crippen molar-refractivity contribution in [3.63, 3.8) is 0 Å². The van der Waals surface area contributed by atoms with Gasteiger partial charge in [0, 0.05) is 4.47 Å². The molecular formula is C13H17BrO3. The monoisotopic (exact) mass is 300 g/mol. The van der Waals surface area contributed by atoms with Gasteiger partial charge in [-0.15, -0.1) is 0 Å². The van der Waals surface area contributed by atoms with Gasteiger partial charge >= 0.3 is 0 Å². The van der Waals surface area contributed by atoms with Gasteiger partial charge in [0.05, 0.1) is 19.8 Å². The quantitative estimate of drug-likeness (QED) is 0.855. The Kier molecular flexibility index (Phi) is 4.20. The maximum atomic E-state index is 5.65. The lowest BCUT2D eigenvalue weighted by Gasteiger charge is -2.17. The smallest absolute Gasteiger partial charge is 0.163 e. The number of rotatable bonds is 4. The first-order chi connectivity index (χ1) is 8.05. The Labute approximate surface area is 110 Å². The van der Waals surface area contributed by atoms with Crippen LogP contribution in [0.1, 0.15) is 19.4 Å². The van der Waals surface area contributed by atoms with Crippen LogP contribution in [0.25, 0.3) is 0 Å². The van der Waals surface area contributed by atoms with E-state index in [9.17, 15) is 0 Å². The number of hydrogen-bond donors (Lipinski definition) is 0. The van der Waals surface area contributed by atoms with E-state index in [1.165, 1.54) is 0 Å². The molecule has 0 spiro atoms. The summed E-state index contributed by atoms with van der Waals surface area (Å²) < 4.78 is 17.8. The average Bonchev–Trinajstić information content (AvgIpc) is 2.58. The van der Waals surface area contributed by atoms with E-state index in [1.54, 1.807) is 0 Å². The zero-order valence-corrected chi connectivity index (χ0v) is 11.7. The second kappa shape index (κ2) is 5.48. The summed E-state index contributed by atoms with van der Waals surface area (Å²) in [5.74, 6) is -0.468. The molecule has 0 radical (unpaired) electrons. The predicted molar refractivity (Wildman–Crippen MR) is 68.7 cm³/mol. The van der Waals surface area contributed by atoms with Gasteiger partial charge in [-0.2, -0.15) is 0 Å². The maximum Gasteiger partial charge on any atom is 0.163 e. The molecule has 3 nitrogen and oxygen atoms in total. The minimum Gasteiger partial charge on any atom is -0.374 e. The van der Waals surface area contributed by atoms with Crippen molar-refractivity contribution in [1.29, 1.82) is 0 Å². The lowest BCUT2D eigenvalue weighted by molar-refractivity contribution is -0.145. The molecule has 2 rings (SSSR count). The van der Waals surface area contributed by atoms with Gasteiger partial charge in [0.25, 0.3) is 0 Å². The third-order valence-corrected chi connectivity index (χ3v) is 3.02. The van der Waals surface area contributed by atoms with E-state index in [-0.39, 0.29) is 6.10 Å². The minimum atomic E-state index is -0.468. The van der Waals surface area contributed by atoms with Gasteiger partial charge in [0.1, 0.15) is 6.10 Å². The molecule has 4 heteroatoms. The molecule has 0 unspecified atom stereocenters. The fourth-order valence-corrected chi connectivity index (χ4v) is 2.23. The van der Waals surface area contributed by atoms with Gasteiger partial charge in [-0.05, 0) is 31.5 Å². The molecule has 1 aliphatic rings. The van der Waals surface area contributed by atoms with E-state index in [0.717, 1.165) is 10.0 Å². The Bertz CT molecular complexity index is 379. The molecule has 1 heterocycles. The van der Waals surface area contributed by atoms with E-state index in [1.807, 2.05) is 32.0 Å². The van der Waals surface area contributed by atoms with Crippen LogP contribution in [0.3, 0.4) is 0 Å². The second-order valence-electron chi connectivity index (χ2n) is 4.60. The highest BCUT2D eigenvalue weighted by molar-refractivity contribution is 9.10. The molecule has 0 aliphatic carbocycles. The molecule has 0 saturated carbocycles. The molecular weight excluding hydrogens is 284 g/mol. The predicted octanol–water partition coefficient (Wildman–Crippen LogP) is 3.12. The molecule has 1 saturated heterocycles. The molecule has 1 fully saturated rings. The topological polar surface area (TPSA) is 27.7 Å². The van der Waals surface area contributed by atoms with Crippen molar-refractivity contribution in [2.75, 3.05) is 13.2 Å². The van der Waals surface area contributed by atoms with Gasteiger partial charge in [-0.3, -0.25) is 0 Å². The number of benzene rings is 1. The average molecular weight is 301 g/mol. The maximum absolute atomic E-state index is 5.65. The number of hydrogen-bond acceptors (Lipinski definition) is 3. The lowest BCUT2D eigenvalue weighted by atomic mass is 10.2. The van der Waals surface area contributed by atoms with Crippen LogP contribution in [0.15, 0.2) is 28.7 Å². The zero-order chi connectivity index (χ0) is 12.3. The standard InChI is InChI=1S/C13H17BrO3/c1-13(2)16-9-12(17-13)8-15-7-10-4-3-5-11(14)6-10/h3-6,12H,7-9H2,1-2H3/t12-/m0/s1. The van der Waals surface area contributed by atoms with Gasteiger partial charge in [0.15, 0.2) is 5.79 Å². The summed E-state index contributed by atoms with van der Waals surface area (Å²) in [6, 6.07) is 8.09. The van der Waals surface area contributed by atoms with E-state index in [0.29, 0.717) is 19.8 Å². The van der Waals surface area contributed by atoms with E-state index in [2.05, 4.69) is 22.0 Å². The van der Waals surface area contributed by atoms with Crippen LogP contribution in [0.5, 0.6) is 0 Å². The summed E-state index contributed by atoms with van der Waals surface area (Å²) in [5, 5.41) is 0. The normalized spacial score (nSPS) is 22.9. The van der Waals surface area contributed by atoms with E-state index < -0.39 is 5.79 Å². The van der Waals surface area contributed by atoms with Crippen molar-refractivity contribution in [2.24, 2.45) is 0 Å². The van der Waals surface area contributed by atoms with Crippen LogP contribution >= 0.6 is 15.9 Å². The molecule has 0 N–H and O–H groups in total. The summed E-state index contributed by atoms with van der Waals surface area (Å²) >= 11 is 3.43. The first-order valence-electron chi connectivity index (χ1n) is 5.69. The molecule has 94 valence electrons. The van der Waals surface area contributed by atoms with Crippen LogP contribution < -0.4 is 0 Å². The molecule has 0 amide bonds. The van der Waals surface area contributed by atoms with Gasteiger partial charge in [-0.1, -0.05) is 28.1 Å². The van der Waals surface area contributed by atoms with Gasteiger partial charge < -0.3 is 14.2 Å². The molecule has 1 atom stereocenters. The first kappa shape index (κ1) is 13.0. The molecule has 17 heavy (non-hydrogen) atoms. The fourth-order valence-electron chi connectivity index (χ4n) is 1.78. The third kappa shape index (κ3) is 4.07. The Morgan fingerprint density at radius 1 is 1.47 bits per heavy atom. The molecule has 1 aromatic rings. The third-order valence-electron chi connectivity index (χ3n) is 2.53. The van der Waals surface area contributed by atoms with E-state index >= 15 is 0 Å². The van der Waals surface area contributed by atoms with Crippen molar-refractivity contribution in [3.8, 4) is 0 Å². The molecule has 0 aromatic heterocycles. The highest BCUT2D eigenvalue weighted by atomic mass is 79.9. The van der Waals surface area contributed by atoms with Crippen molar-refractivity contribution in [1.82, 2.24) is 0 Å². The second-order valence-corrected chi connectivity index (χ2v) is 5.51. The number of halogens is 1. The summed E-state index contributed by atoms with van der Waals surface area (Å²) in [6.07, 6.45) is 0.0390. The Morgan fingerprint density at radius 3 is 2.94 bits per heavy atom. The SMILES string of the molecule is CC1(C)OC[C@H](COCc2cccc(Br)c2)O1. The summed E-state index contributed by atoms with van der Waals surface area (Å²) in [4.78, 5) is 0. The fraction of sp³-hybridized carbons (Fsp3) is 0.538. The van der Waals surface area contributed by atoms with Gasteiger partial charge in [-0.25, -0.2) is 0 Å². The van der Waals surface area contributed by atoms with Crippen LogP contribution in [-0.4, -0.2) is 25.1 Å². The largest absolute Gasteiger partial charge is 0.374 e.